The molecule has 0 saturated heterocycles. The van der Waals surface area contributed by atoms with E-state index in [1.807, 2.05) is 94.4 Å². The van der Waals surface area contributed by atoms with Crippen LogP contribution in [0.25, 0.3) is 0 Å². The van der Waals surface area contributed by atoms with Crippen molar-refractivity contribution in [3.05, 3.63) is 101 Å². The molecule has 0 heterocycles. The van der Waals surface area contributed by atoms with Crippen LogP contribution in [0.4, 0.5) is 5.69 Å². The molecule has 7 nitrogen and oxygen atoms in total. The van der Waals surface area contributed by atoms with Crippen molar-refractivity contribution in [3.63, 3.8) is 0 Å². The Balaban J connectivity index is 1.88. The first-order valence-corrected chi connectivity index (χ1v) is 16.0. The van der Waals surface area contributed by atoms with Gasteiger partial charge in [0.1, 0.15) is 6.04 Å². The Kier molecular flexibility index (Phi) is 11.5. The van der Waals surface area contributed by atoms with Gasteiger partial charge in [-0.1, -0.05) is 86.1 Å². The SMILES string of the molecule is Cc1ccc(N(CCCC(=O)N(Cc2ccccc2C)C(Cc2ccccc2)C(=O)NCC(C)C)S(C)(=O)=O)cc1. The van der Waals surface area contributed by atoms with E-state index in [2.05, 4.69) is 5.32 Å². The van der Waals surface area contributed by atoms with Gasteiger partial charge >= 0.3 is 0 Å². The normalized spacial score (nSPS) is 12.1. The van der Waals surface area contributed by atoms with Crippen molar-refractivity contribution in [2.75, 3.05) is 23.7 Å². The van der Waals surface area contributed by atoms with Crippen LogP contribution < -0.4 is 9.62 Å². The largest absolute Gasteiger partial charge is 0.354 e. The summed E-state index contributed by atoms with van der Waals surface area (Å²) >= 11 is 0. The molecule has 0 aromatic heterocycles. The highest BCUT2D eigenvalue weighted by molar-refractivity contribution is 7.92. The molecule has 0 aliphatic carbocycles. The van der Waals surface area contributed by atoms with Gasteiger partial charge in [-0.15, -0.1) is 0 Å². The third-order valence-electron chi connectivity index (χ3n) is 7.03. The summed E-state index contributed by atoms with van der Waals surface area (Å²) in [7, 11) is -3.54. The summed E-state index contributed by atoms with van der Waals surface area (Å²) in [5, 5.41) is 3.04. The minimum absolute atomic E-state index is 0.104. The molecule has 1 atom stereocenters. The highest BCUT2D eigenvalue weighted by Gasteiger charge is 2.31. The van der Waals surface area contributed by atoms with E-state index in [1.165, 1.54) is 10.6 Å². The topological polar surface area (TPSA) is 86.8 Å². The molecule has 41 heavy (non-hydrogen) atoms. The molecule has 1 unspecified atom stereocenters. The van der Waals surface area contributed by atoms with Gasteiger partial charge in [-0.25, -0.2) is 8.42 Å². The van der Waals surface area contributed by atoms with Crippen molar-refractivity contribution in [3.8, 4) is 0 Å². The van der Waals surface area contributed by atoms with Gasteiger partial charge in [-0.2, -0.15) is 0 Å². The molecule has 0 aliphatic rings. The van der Waals surface area contributed by atoms with E-state index in [0.29, 0.717) is 25.1 Å². The molecule has 8 heteroatoms. The maximum atomic E-state index is 13.9. The zero-order valence-electron chi connectivity index (χ0n) is 24.8. The predicted octanol–water partition coefficient (Wildman–Crippen LogP) is 5.26. The lowest BCUT2D eigenvalue weighted by molar-refractivity contribution is -0.141. The second-order valence-corrected chi connectivity index (χ2v) is 13.0. The molecule has 0 bridgehead atoms. The number of nitrogens with zero attached hydrogens (tertiary/aromatic N) is 2. The first-order valence-electron chi connectivity index (χ1n) is 14.2. The summed E-state index contributed by atoms with van der Waals surface area (Å²) in [4.78, 5) is 29.2. The second-order valence-electron chi connectivity index (χ2n) is 11.1. The number of anilines is 1. The van der Waals surface area contributed by atoms with E-state index in [9.17, 15) is 18.0 Å². The van der Waals surface area contributed by atoms with E-state index in [-0.39, 0.29) is 37.2 Å². The summed E-state index contributed by atoms with van der Waals surface area (Å²) in [6.07, 6.45) is 1.97. The van der Waals surface area contributed by atoms with Crippen LogP contribution >= 0.6 is 0 Å². The van der Waals surface area contributed by atoms with E-state index in [0.717, 1.165) is 22.3 Å². The average Bonchev–Trinajstić information content (AvgIpc) is 2.93. The number of hydrogen-bond acceptors (Lipinski definition) is 4. The minimum Gasteiger partial charge on any atom is -0.354 e. The van der Waals surface area contributed by atoms with Gasteiger partial charge < -0.3 is 10.2 Å². The third kappa shape index (κ3) is 9.74. The number of benzene rings is 3. The second kappa shape index (κ2) is 14.8. The monoisotopic (exact) mass is 577 g/mol. The lowest BCUT2D eigenvalue weighted by Crippen LogP contribution is -2.51. The van der Waals surface area contributed by atoms with Gasteiger partial charge in [0.15, 0.2) is 0 Å². The highest BCUT2D eigenvalue weighted by atomic mass is 32.2. The van der Waals surface area contributed by atoms with Crippen molar-refractivity contribution in [1.82, 2.24) is 10.2 Å². The number of hydrogen-bond donors (Lipinski definition) is 1. The molecule has 1 N–H and O–H groups in total. The van der Waals surface area contributed by atoms with Crippen LogP contribution in [0.15, 0.2) is 78.9 Å². The predicted molar refractivity (Wildman–Crippen MR) is 166 cm³/mol. The maximum Gasteiger partial charge on any atom is 0.243 e. The van der Waals surface area contributed by atoms with Crippen LogP contribution in [0, 0.1) is 19.8 Å². The molecule has 2 amide bonds. The zero-order valence-corrected chi connectivity index (χ0v) is 25.7. The van der Waals surface area contributed by atoms with Gasteiger partial charge in [-0.3, -0.25) is 13.9 Å². The summed E-state index contributed by atoms with van der Waals surface area (Å²) in [5.41, 5.74) is 4.56. The van der Waals surface area contributed by atoms with E-state index < -0.39 is 16.1 Å². The van der Waals surface area contributed by atoms with Crippen molar-refractivity contribution in [2.24, 2.45) is 5.92 Å². The van der Waals surface area contributed by atoms with Gasteiger partial charge in [0, 0.05) is 32.5 Å². The van der Waals surface area contributed by atoms with E-state index in [1.54, 1.807) is 17.0 Å². The standard InChI is InChI=1S/C33H43N3O4S/c1-25(2)23-34-33(38)31(22-28-13-7-6-8-14-28)35(24-29-15-10-9-12-27(29)4)32(37)16-11-21-36(41(5,39)40)30-19-17-26(3)18-20-30/h6-10,12-15,17-20,25,31H,11,16,21-24H2,1-5H3,(H,34,38). The minimum atomic E-state index is -3.54. The molecule has 3 aromatic rings. The Morgan fingerprint density at radius 2 is 1.51 bits per heavy atom. The van der Waals surface area contributed by atoms with Crippen molar-refractivity contribution < 1.29 is 18.0 Å². The first kappa shape index (κ1) is 31.9. The molecular formula is C33H43N3O4S. The summed E-state index contributed by atoms with van der Waals surface area (Å²) < 4.78 is 26.6. The fraction of sp³-hybridized carbons (Fsp3) is 0.394. The number of sulfonamides is 1. The molecule has 3 rings (SSSR count). The number of carbonyl (C=O) groups excluding carboxylic acids is 2. The molecular weight excluding hydrogens is 534 g/mol. The maximum absolute atomic E-state index is 13.9. The number of amides is 2. The van der Waals surface area contributed by atoms with Gasteiger partial charge in [0.25, 0.3) is 0 Å². The molecule has 0 aliphatic heterocycles. The molecule has 0 radical (unpaired) electrons. The lowest BCUT2D eigenvalue weighted by atomic mass is 10.0. The fourth-order valence-electron chi connectivity index (χ4n) is 4.66. The van der Waals surface area contributed by atoms with Crippen LogP contribution in [0.1, 0.15) is 48.9 Å². The van der Waals surface area contributed by atoms with Crippen molar-refractivity contribution in [2.45, 2.75) is 59.5 Å². The van der Waals surface area contributed by atoms with Crippen LogP contribution in [0.5, 0.6) is 0 Å². The highest BCUT2D eigenvalue weighted by Crippen LogP contribution is 2.21. The molecule has 0 saturated carbocycles. The Bertz CT molecular complexity index is 1390. The molecule has 220 valence electrons. The Labute approximate surface area is 245 Å². The smallest absolute Gasteiger partial charge is 0.243 e. The van der Waals surface area contributed by atoms with Crippen LogP contribution in [0.2, 0.25) is 0 Å². The average molecular weight is 578 g/mol. The van der Waals surface area contributed by atoms with E-state index >= 15 is 0 Å². The summed E-state index contributed by atoms with van der Waals surface area (Å²) in [6, 6.07) is 24.1. The fourth-order valence-corrected chi connectivity index (χ4v) is 5.63. The molecule has 0 fully saturated rings. The number of carbonyl (C=O) groups is 2. The Morgan fingerprint density at radius 3 is 2.12 bits per heavy atom. The summed E-state index contributed by atoms with van der Waals surface area (Å²) in [6.45, 7) is 8.96. The first-order chi connectivity index (χ1) is 19.5. The van der Waals surface area contributed by atoms with Gasteiger partial charge in [0.05, 0.1) is 11.9 Å². The number of aryl methyl sites for hydroxylation is 2. The van der Waals surface area contributed by atoms with Gasteiger partial charge in [0.2, 0.25) is 21.8 Å². The Morgan fingerprint density at radius 1 is 0.878 bits per heavy atom. The molecule has 0 spiro atoms. The van der Waals surface area contributed by atoms with Crippen molar-refractivity contribution >= 4 is 27.5 Å². The molecule has 3 aromatic carbocycles. The lowest BCUT2D eigenvalue weighted by Gasteiger charge is -2.32. The van der Waals surface area contributed by atoms with Gasteiger partial charge in [-0.05, 0) is 55.0 Å². The number of nitrogens with one attached hydrogen (secondary N) is 1. The van der Waals surface area contributed by atoms with Crippen LogP contribution in [-0.4, -0.2) is 50.5 Å². The number of rotatable bonds is 14. The summed E-state index contributed by atoms with van der Waals surface area (Å²) in [5.74, 6) is -0.117. The Hall–Kier alpha value is -3.65. The van der Waals surface area contributed by atoms with Crippen molar-refractivity contribution in [1.29, 1.82) is 0 Å². The zero-order chi connectivity index (χ0) is 30.0. The quantitative estimate of drug-likeness (QED) is 0.283. The third-order valence-corrected chi connectivity index (χ3v) is 8.23. The van der Waals surface area contributed by atoms with Crippen LogP contribution in [-0.2, 0) is 32.6 Å². The van der Waals surface area contributed by atoms with Crippen LogP contribution in [0.3, 0.4) is 0 Å². The van der Waals surface area contributed by atoms with E-state index in [4.69, 9.17) is 0 Å².